The summed E-state index contributed by atoms with van der Waals surface area (Å²) in [7, 11) is 2.30. The van der Waals surface area contributed by atoms with Gasteiger partial charge in [0.2, 0.25) is 0 Å². The monoisotopic (exact) mass is 413 g/mol. The highest BCUT2D eigenvalue weighted by atomic mass is 35.5. The summed E-state index contributed by atoms with van der Waals surface area (Å²) in [6.07, 6.45) is 0. The summed E-state index contributed by atoms with van der Waals surface area (Å²) in [6.45, 7) is 11.2. The fourth-order valence-corrected chi connectivity index (χ4v) is 5.64. The van der Waals surface area contributed by atoms with Crippen LogP contribution in [-0.4, -0.2) is 41.5 Å². The van der Waals surface area contributed by atoms with Crippen molar-refractivity contribution in [2.75, 3.05) is 26.7 Å². The second-order valence-corrected chi connectivity index (χ2v) is 8.90. The van der Waals surface area contributed by atoms with Crippen LogP contribution in [0.5, 0.6) is 0 Å². The second-order valence-electron chi connectivity index (χ2n) is 7.61. The second kappa shape index (κ2) is 8.57. The Bertz CT molecular complexity index is 729. The van der Waals surface area contributed by atoms with E-state index in [1.54, 1.807) is 0 Å². The van der Waals surface area contributed by atoms with Crippen LogP contribution in [0, 0.1) is 32.6 Å². The van der Waals surface area contributed by atoms with Crippen LogP contribution in [0.4, 0.5) is 0 Å². The van der Waals surface area contributed by atoms with Crippen LogP contribution < -0.4 is 0 Å². The minimum Gasteiger partial charge on any atom is -0.299 e. The van der Waals surface area contributed by atoms with E-state index in [9.17, 15) is 0 Å². The van der Waals surface area contributed by atoms with E-state index in [0.29, 0.717) is 6.04 Å². The predicted octanol–water partition coefficient (Wildman–Crippen LogP) is 4.65. The zero-order valence-corrected chi connectivity index (χ0v) is 18.4. The van der Waals surface area contributed by atoms with E-state index < -0.39 is 0 Å². The molecule has 0 spiro atoms. The summed E-state index contributed by atoms with van der Waals surface area (Å²) in [5.74, 6) is 1.54. The van der Waals surface area contributed by atoms with Crippen molar-refractivity contribution in [1.82, 2.24) is 14.8 Å². The summed E-state index contributed by atoms with van der Waals surface area (Å²) < 4.78 is 0. The van der Waals surface area contributed by atoms with Gasteiger partial charge in [0, 0.05) is 30.6 Å². The first kappa shape index (κ1) is 21.6. The Morgan fingerprint density at radius 3 is 2.46 bits per heavy atom. The normalized spacial score (nSPS) is 25.6. The molecule has 0 bridgehead atoms. The molecule has 2 aliphatic rings. The molecule has 3 heterocycles. The molecule has 0 N–H and O–H groups in total. The third-order valence-electron chi connectivity index (χ3n) is 5.91. The van der Waals surface area contributed by atoms with Crippen molar-refractivity contribution >= 4 is 36.2 Å². The lowest BCUT2D eigenvalue weighted by molar-refractivity contribution is 0.224. The maximum atomic E-state index is 4.74. The molecule has 0 saturated carbocycles. The van der Waals surface area contributed by atoms with E-state index in [0.717, 1.165) is 18.4 Å². The number of hydrogen-bond donors (Lipinski definition) is 0. The number of nitrogens with zero attached hydrogens (tertiary/aromatic N) is 3. The van der Waals surface area contributed by atoms with Gasteiger partial charge in [-0.15, -0.1) is 36.2 Å². The van der Waals surface area contributed by atoms with Crippen LogP contribution in [0.25, 0.3) is 0 Å². The summed E-state index contributed by atoms with van der Waals surface area (Å²) in [5.41, 5.74) is 4.15. The molecule has 3 nitrogen and oxygen atoms in total. The molecule has 0 aliphatic carbocycles. The predicted molar refractivity (Wildman–Crippen MR) is 115 cm³/mol. The Morgan fingerprint density at radius 2 is 1.81 bits per heavy atom. The number of rotatable bonds is 3. The highest BCUT2D eigenvalue weighted by molar-refractivity contribution is 7.11. The van der Waals surface area contributed by atoms with E-state index in [1.807, 2.05) is 11.3 Å². The molecule has 6 heteroatoms. The van der Waals surface area contributed by atoms with Gasteiger partial charge in [-0.05, 0) is 50.8 Å². The maximum absolute atomic E-state index is 4.74. The van der Waals surface area contributed by atoms with Crippen molar-refractivity contribution in [1.29, 1.82) is 0 Å². The molecular formula is C20H29Cl2N3S. The fourth-order valence-electron chi connectivity index (χ4n) is 4.66. The van der Waals surface area contributed by atoms with Crippen molar-refractivity contribution in [2.45, 2.75) is 33.4 Å². The van der Waals surface area contributed by atoms with Crippen LogP contribution in [-0.2, 0) is 6.54 Å². The van der Waals surface area contributed by atoms with Crippen molar-refractivity contribution in [3.63, 3.8) is 0 Å². The molecule has 0 radical (unpaired) electrons. The van der Waals surface area contributed by atoms with Gasteiger partial charge >= 0.3 is 0 Å². The zero-order valence-electron chi connectivity index (χ0n) is 15.9. The summed E-state index contributed by atoms with van der Waals surface area (Å²) in [5, 5.41) is 1.28. The lowest BCUT2D eigenvalue weighted by Gasteiger charge is -2.27. The number of aromatic nitrogens is 1. The largest absolute Gasteiger partial charge is 0.299 e. The average Bonchev–Trinajstić information content (AvgIpc) is 3.14. The zero-order chi connectivity index (χ0) is 16.8. The quantitative estimate of drug-likeness (QED) is 0.729. The molecule has 1 aromatic heterocycles. The third-order valence-corrected chi connectivity index (χ3v) is 6.97. The Kier molecular flexibility index (Phi) is 7.14. The van der Waals surface area contributed by atoms with Crippen molar-refractivity contribution in [3.05, 3.63) is 51.0 Å². The van der Waals surface area contributed by atoms with Gasteiger partial charge < -0.3 is 0 Å². The molecule has 3 atom stereocenters. The van der Waals surface area contributed by atoms with Gasteiger partial charge in [-0.2, -0.15) is 0 Å². The third kappa shape index (κ3) is 3.95. The molecule has 2 fully saturated rings. The molecule has 2 aromatic rings. The first-order valence-electron chi connectivity index (χ1n) is 8.94. The lowest BCUT2D eigenvalue weighted by Crippen LogP contribution is -2.29. The highest BCUT2D eigenvalue weighted by Crippen LogP contribution is 2.45. The standard InChI is InChI=1S/C20H27N3S.2ClH/c1-13-7-5-6-8-17(13)20-18-11-23(10-16(18)9-22(20)4)12-19-21-14(2)15(3)24-19;;/h5-8,16,18,20H,9-12H2,1-4H3;2*1H/t16-,18+,20+;;/m0../s1. The SMILES string of the molecule is Cc1ccccc1[C@@H]1[C@@H]2CN(Cc3nc(C)c(C)s3)C[C@@H]2CN1C.Cl.Cl. The van der Waals surface area contributed by atoms with Gasteiger partial charge in [-0.1, -0.05) is 24.3 Å². The average molecular weight is 414 g/mol. The van der Waals surface area contributed by atoms with E-state index in [2.05, 4.69) is 61.9 Å². The van der Waals surface area contributed by atoms with Crippen molar-refractivity contribution in [3.8, 4) is 0 Å². The van der Waals surface area contributed by atoms with Crippen molar-refractivity contribution in [2.24, 2.45) is 11.8 Å². The molecular weight excluding hydrogens is 385 g/mol. The molecule has 1 aromatic carbocycles. The number of halogens is 2. The highest BCUT2D eigenvalue weighted by Gasteiger charge is 2.46. The molecule has 2 saturated heterocycles. The Hall–Kier alpha value is -0.650. The molecule has 0 amide bonds. The van der Waals surface area contributed by atoms with Crippen LogP contribution in [0.15, 0.2) is 24.3 Å². The minimum absolute atomic E-state index is 0. The van der Waals surface area contributed by atoms with Crippen LogP contribution in [0.1, 0.15) is 32.7 Å². The number of hydrogen-bond acceptors (Lipinski definition) is 4. The van der Waals surface area contributed by atoms with Crippen molar-refractivity contribution < 1.29 is 0 Å². The van der Waals surface area contributed by atoms with E-state index in [-0.39, 0.29) is 24.8 Å². The summed E-state index contributed by atoms with van der Waals surface area (Å²) in [6, 6.07) is 9.50. The smallest absolute Gasteiger partial charge is 0.107 e. The number of fused-ring (bicyclic) bond motifs is 1. The molecule has 26 heavy (non-hydrogen) atoms. The Labute approximate surface area is 173 Å². The maximum Gasteiger partial charge on any atom is 0.107 e. The lowest BCUT2D eigenvalue weighted by atomic mass is 9.88. The first-order chi connectivity index (χ1) is 11.5. The first-order valence-corrected chi connectivity index (χ1v) is 9.75. The van der Waals surface area contributed by atoms with Crippen LogP contribution in [0.3, 0.4) is 0 Å². The molecule has 0 unspecified atom stereocenters. The summed E-state index contributed by atoms with van der Waals surface area (Å²) in [4.78, 5) is 11.3. The minimum atomic E-state index is 0. The Balaban J connectivity index is 0.00000121. The van der Waals surface area contributed by atoms with E-state index in [4.69, 9.17) is 4.98 Å². The van der Waals surface area contributed by atoms with E-state index >= 15 is 0 Å². The summed E-state index contributed by atoms with van der Waals surface area (Å²) >= 11 is 1.87. The van der Waals surface area contributed by atoms with Gasteiger partial charge in [-0.3, -0.25) is 9.80 Å². The fraction of sp³-hybridized carbons (Fsp3) is 0.550. The number of benzene rings is 1. The molecule has 2 aliphatic heterocycles. The topological polar surface area (TPSA) is 19.4 Å². The molecule has 4 rings (SSSR count). The van der Waals surface area contributed by atoms with Crippen LogP contribution >= 0.6 is 36.2 Å². The van der Waals surface area contributed by atoms with Gasteiger partial charge in [0.1, 0.15) is 5.01 Å². The van der Waals surface area contributed by atoms with Gasteiger partial charge in [-0.25, -0.2) is 4.98 Å². The van der Waals surface area contributed by atoms with E-state index in [1.165, 1.54) is 46.3 Å². The number of aryl methyl sites for hydroxylation is 3. The Morgan fingerprint density at radius 1 is 1.08 bits per heavy atom. The van der Waals surface area contributed by atoms with Gasteiger partial charge in [0.15, 0.2) is 0 Å². The number of thiazole rings is 1. The van der Waals surface area contributed by atoms with Gasteiger partial charge in [0.05, 0.1) is 12.2 Å². The number of likely N-dealkylation sites (tertiary alicyclic amines) is 2. The molecule has 144 valence electrons. The van der Waals surface area contributed by atoms with Crippen LogP contribution in [0.2, 0.25) is 0 Å². The van der Waals surface area contributed by atoms with Gasteiger partial charge in [0.25, 0.3) is 0 Å².